The van der Waals surface area contributed by atoms with E-state index < -0.39 is 0 Å². The summed E-state index contributed by atoms with van der Waals surface area (Å²) in [5.74, 6) is 0.764. The minimum atomic E-state index is -0.00606. The number of hydrogen-bond donors (Lipinski definition) is 1. The number of nitrogens with one attached hydrogen (secondary N) is 1. The zero-order valence-corrected chi connectivity index (χ0v) is 14.2. The van der Waals surface area contributed by atoms with E-state index in [-0.39, 0.29) is 12.5 Å². The number of ether oxygens (including phenoxy) is 1. The van der Waals surface area contributed by atoms with Gasteiger partial charge in [-0.25, -0.2) is 4.99 Å². The second-order valence-electron chi connectivity index (χ2n) is 5.79. The summed E-state index contributed by atoms with van der Waals surface area (Å²) in [6.07, 6.45) is 0.989. The van der Waals surface area contributed by atoms with Crippen LogP contribution >= 0.6 is 0 Å². The van der Waals surface area contributed by atoms with E-state index in [9.17, 15) is 4.79 Å². The maximum absolute atomic E-state index is 11.8. The lowest BCUT2D eigenvalue weighted by Crippen LogP contribution is -2.45. The van der Waals surface area contributed by atoms with Crippen molar-refractivity contribution < 1.29 is 9.53 Å². The maximum Gasteiger partial charge on any atom is 0.243 e. The van der Waals surface area contributed by atoms with Crippen LogP contribution in [0.15, 0.2) is 29.3 Å². The van der Waals surface area contributed by atoms with Crippen LogP contribution in [-0.4, -0.2) is 69.1 Å². The lowest BCUT2D eigenvalue weighted by Gasteiger charge is -2.32. The molecule has 126 valence electrons. The molecule has 0 bridgehead atoms. The van der Waals surface area contributed by atoms with Crippen molar-refractivity contribution in [2.75, 3.05) is 47.4 Å². The van der Waals surface area contributed by atoms with Gasteiger partial charge in [0.15, 0.2) is 5.96 Å². The van der Waals surface area contributed by atoms with Crippen molar-refractivity contribution in [2.45, 2.75) is 13.0 Å². The van der Waals surface area contributed by atoms with Crippen LogP contribution in [0.3, 0.4) is 0 Å². The lowest BCUT2D eigenvalue weighted by molar-refractivity contribution is -0.127. The number of benzene rings is 1. The first-order valence-corrected chi connectivity index (χ1v) is 7.91. The Morgan fingerprint density at radius 1 is 1.35 bits per heavy atom. The summed E-state index contributed by atoms with van der Waals surface area (Å²) in [7, 11) is 5.16. The number of hydrogen-bond acceptors (Lipinski definition) is 3. The summed E-state index contributed by atoms with van der Waals surface area (Å²) in [6, 6.07) is 8.47. The van der Waals surface area contributed by atoms with Gasteiger partial charge in [-0.1, -0.05) is 24.3 Å². The molecule has 1 N–H and O–H groups in total. The summed E-state index contributed by atoms with van der Waals surface area (Å²) < 4.78 is 5.09. The summed E-state index contributed by atoms with van der Waals surface area (Å²) in [5, 5.41) is 3.30. The molecule has 0 unspecified atom stereocenters. The SMILES string of the molecule is COCCNC(=NCC(=O)N(C)C)N1CCc2ccccc2C1. The van der Waals surface area contributed by atoms with E-state index in [0.717, 1.165) is 25.5 Å². The molecule has 6 nitrogen and oxygen atoms in total. The number of fused-ring (bicyclic) bond motifs is 1. The third-order valence-electron chi connectivity index (χ3n) is 3.88. The van der Waals surface area contributed by atoms with Gasteiger partial charge in [0.25, 0.3) is 0 Å². The molecular weight excluding hydrogens is 292 g/mol. The van der Waals surface area contributed by atoms with E-state index in [1.54, 1.807) is 26.1 Å². The molecule has 0 saturated carbocycles. The number of carbonyl (C=O) groups excluding carboxylic acids is 1. The normalized spacial score (nSPS) is 14.4. The van der Waals surface area contributed by atoms with Crippen LogP contribution in [0.1, 0.15) is 11.1 Å². The average Bonchev–Trinajstić information content (AvgIpc) is 2.57. The molecule has 0 fully saturated rings. The Balaban J connectivity index is 2.07. The summed E-state index contributed by atoms with van der Waals surface area (Å²) >= 11 is 0. The van der Waals surface area contributed by atoms with Crippen LogP contribution in [-0.2, 0) is 22.5 Å². The van der Waals surface area contributed by atoms with Crippen molar-refractivity contribution in [3.63, 3.8) is 0 Å². The molecule has 0 radical (unpaired) electrons. The zero-order valence-electron chi connectivity index (χ0n) is 14.2. The monoisotopic (exact) mass is 318 g/mol. The van der Waals surface area contributed by atoms with Crippen molar-refractivity contribution in [3.8, 4) is 0 Å². The number of nitrogens with zero attached hydrogens (tertiary/aromatic N) is 3. The fourth-order valence-corrected chi connectivity index (χ4v) is 2.49. The predicted octanol–water partition coefficient (Wildman–Crippen LogP) is 0.725. The second-order valence-corrected chi connectivity index (χ2v) is 5.79. The molecule has 0 spiro atoms. The molecule has 0 saturated heterocycles. The number of carbonyl (C=O) groups is 1. The van der Waals surface area contributed by atoms with Crippen LogP contribution < -0.4 is 5.32 Å². The van der Waals surface area contributed by atoms with Crippen LogP contribution in [0.2, 0.25) is 0 Å². The fourth-order valence-electron chi connectivity index (χ4n) is 2.49. The van der Waals surface area contributed by atoms with E-state index >= 15 is 0 Å². The zero-order chi connectivity index (χ0) is 16.7. The van der Waals surface area contributed by atoms with Crippen LogP contribution in [0.4, 0.5) is 0 Å². The van der Waals surface area contributed by atoms with Crippen molar-refractivity contribution in [3.05, 3.63) is 35.4 Å². The van der Waals surface area contributed by atoms with E-state index in [1.807, 2.05) is 0 Å². The standard InChI is InChI=1S/C17H26N4O2/c1-20(2)16(22)12-19-17(18-9-11-23-3)21-10-8-14-6-4-5-7-15(14)13-21/h4-7H,8-13H2,1-3H3,(H,18,19). The smallest absolute Gasteiger partial charge is 0.243 e. The number of methoxy groups -OCH3 is 1. The molecule has 0 aliphatic carbocycles. The second kappa shape index (κ2) is 8.53. The Morgan fingerprint density at radius 2 is 2.09 bits per heavy atom. The highest BCUT2D eigenvalue weighted by atomic mass is 16.5. The van der Waals surface area contributed by atoms with Crippen LogP contribution in [0, 0.1) is 0 Å². The first-order chi connectivity index (χ1) is 11.1. The molecule has 0 aromatic heterocycles. The molecule has 1 heterocycles. The molecule has 0 atom stereocenters. The number of amides is 1. The molecule has 1 aliphatic heterocycles. The van der Waals surface area contributed by atoms with Crippen molar-refractivity contribution in [1.82, 2.24) is 15.1 Å². The van der Waals surface area contributed by atoms with Crippen molar-refractivity contribution in [2.24, 2.45) is 4.99 Å². The van der Waals surface area contributed by atoms with E-state index in [4.69, 9.17) is 4.74 Å². The first-order valence-electron chi connectivity index (χ1n) is 7.91. The highest BCUT2D eigenvalue weighted by Crippen LogP contribution is 2.18. The quantitative estimate of drug-likeness (QED) is 0.494. The topological polar surface area (TPSA) is 57.2 Å². The van der Waals surface area contributed by atoms with Gasteiger partial charge in [0, 0.05) is 40.8 Å². The molecule has 1 aromatic rings. The number of likely N-dealkylation sites (N-methyl/N-ethyl adjacent to an activating group) is 1. The number of aliphatic imine (C=N–C) groups is 1. The van der Waals surface area contributed by atoms with Gasteiger partial charge in [-0.05, 0) is 17.5 Å². The summed E-state index contributed by atoms with van der Waals surface area (Å²) in [4.78, 5) is 20.1. The third kappa shape index (κ3) is 4.96. The Hall–Kier alpha value is -2.08. The summed E-state index contributed by atoms with van der Waals surface area (Å²) in [6.45, 7) is 3.13. The molecule has 1 aromatic carbocycles. The van der Waals surface area contributed by atoms with Crippen molar-refractivity contribution >= 4 is 11.9 Å². The Bertz CT molecular complexity index is 557. The number of rotatable bonds is 5. The van der Waals surface area contributed by atoms with Gasteiger partial charge < -0.3 is 19.9 Å². The predicted molar refractivity (Wildman–Crippen MR) is 91.4 cm³/mol. The van der Waals surface area contributed by atoms with Gasteiger partial charge in [0.05, 0.1) is 6.61 Å². The van der Waals surface area contributed by atoms with Gasteiger partial charge in [0.2, 0.25) is 5.91 Å². The average molecular weight is 318 g/mol. The van der Waals surface area contributed by atoms with Crippen molar-refractivity contribution in [1.29, 1.82) is 0 Å². The fraction of sp³-hybridized carbons (Fsp3) is 0.529. The van der Waals surface area contributed by atoms with Gasteiger partial charge in [-0.3, -0.25) is 4.79 Å². The largest absolute Gasteiger partial charge is 0.383 e. The highest BCUT2D eigenvalue weighted by molar-refractivity contribution is 5.85. The maximum atomic E-state index is 11.8. The lowest BCUT2D eigenvalue weighted by atomic mass is 10.0. The molecule has 23 heavy (non-hydrogen) atoms. The number of guanidine groups is 1. The molecular formula is C17H26N4O2. The third-order valence-corrected chi connectivity index (χ3v) is 3.88. The molecule has 2 rings (SSSR count). The minimum Gasteiger partial charge on any atom is -0.383 e. The van der Waals surface area contributed by atoms with E-state index in [1.165, 1.54) is 11.1 Å². The van der Waals surface area contributed by atoms with Gasteiger partial charge in [-0.2, -0.15) is 0 Å². The Labute approximate surface area is 138 Å². The van der Waals surface area contributed by atoms with E-state index in [2.05, 4.69) is 39.5 Å². The summed E-state index contributed by atoms with van der Waals surface area (Å²) in [5.41, 5.74) is 2.71. The molecule has 1 aliphatic rings. The highest BCUT2D eigenvalue weighted by Gasteiger charge is 2.19. The van der Waals surface area contributed by atoms with Crippen LogP contribution in [0.5, 0.6) is 0 Å². The molecule has 6 heteroatoms. The van der Waals surface area contributed by atoms with Crippen LogP contribution in [0.25, 0.3) is 0 Å². The van der Waals surface area contributed by atoms with Gasteiger partial charge >= 0.3 is 0 Å². The van der Waals surface area contributed by atoms with E-state index in [0.29, 0.717) is 13.2 Å². The first kappa shape index (κ1) is 17.3. The Morgan fingerprint density at radius 3 is 2.78 bits per heavy atom. The van der Waals surface area contributed by atoms with Gasteiger partial charge in [-0.15, -0.1) is 0 Å². The minimum absolute atomic E-state index is 0.00606. The molecule has 1 amide bonds. The van der Waals surface area contributed by atoms with Gasteiger partial charge in [0.1, 0.15) is 6.54 Å². The Kier molecular flexibility index (Phi) is 6.40.